The van der Waals surface area contributed by atoms with E-state index in [1.54, 1.807) is 13.8 Å². The van der Waals surface area contributed by atoms with Crippen molar-refractivity contribution in [2.24, 2.45) is 0 Å². The average Bonchev–Trinajstić information content (AvgIpc) is 2.24. The van der Waals surface area contributed by atoms with Gasteiger partial charge < -0.3 is 18.1 Å². The Morgan fingerprint density at radius 2 is 1.12 bits per heavy atom. The van der Waals surface area contributed by atoms with Gasteiger partial charge in [0.05, 0.1) is 26.4 Å². The third-order valence-electron chi connectivity index (χ3n) is 1.50. The van der Waals surface area contributed by atoms with Gasteiger partial charge in [0.2, 0.25) is 0 Å². The summed E-state index contributed by atoms with van der Waals surface area (Å²) >= 11 is 0. The first-order chi connectivity index (χ1) is 7.70. The van der Waals surface area contributed by atoms with Crippen LogP contribution in [0.5, 0.6) is 0 Å². The van der Waals surface area contributed by atoms with Gasteiger partial charge in [0, 0.05) is 0 Å². The molecule has 0 aromatic heterocycles. The molecule has 0 saturated heterocycles. The number of hydrogen-bond acceptors (Lipinski definition) is 6. The second-order valence-corrected chi connectivity index (χ2v) is 4.92. The lowest BCUT2D eigenvalue weighted by Gasteiger charge is -2.05. The molecule has 0 N–H and O–H groups in total. The van der Waals surface area contributed by atoms with Crippen LogP contribution in [0.25, 0.3) is 0 Å². The molecule has 0 aliphatic carbocycles. The highest BCUT2D eigenvalue weighted by atomic mass is 31.1. The fourth-order valence-corrected chi connectivity index (χ4v) is 2.09. The Morgan fingerprint density at radius 1 is 0.750 bits per heavy atom. The Hall–Kier alpha value is 0.300. The van der Waals surface area contributed by atoms with E-state index < -0.39 is 16.5 Å². The van der Waals surface area contributed by atoms with Crippen LogP contribution in [-0.4, -0.2) is 26.4 Å². The zero-order chi connectivity index (χ0) is 12.2. The second kappa shape index (κ2) is 11.8. The summed E-state index contributed by atoms with van der Waals surface area (Å²) in [6.45, 7) is 5.00. The van der Waals surface area contributed by atoms with E-state index in [0.717, 1.165) is 0 Å². The Kier molecular flexibility index (Phi) is 12.0. The summed E-state index contributed by atoms with van der Waals surface area (Å²) in [6, 6.07) is 0. The molecule has 0 rings (SSSR count). The molecule has 0 spiro atoms. The normalized spacial score (nSPS) is 14.9. The highest BCUT2D eigenvalue weighted by molar-refractivity contribution is 7.33. The Labute approximate surface area is 97.5 Å². The maximum Gasteiger partial charge on any atom is 0.319 e. The monoisotopic (exact) mass is 274 g/mol. The van der Waals surface area contributed by atoms with E-state index in [2.05, 4.69) is 0 Å². The van der Waals surface area contributed by atoms with Gasteiger partial charge in [-0.2, -0.15) is 0 Å². The van der Waals surface area contributed by atoms with Crippen LogP contribution in [-0.2, 0) is 27.2 Å². The summed E-state index contributed by atoms with van der Waals surface area (Å²) in [5.41, 5.74) is 0. The molecule has 0 aliphatic heterocycles. The minimum Gasteiger partial charge on any atom is -0.311 e. The maximum absolute atomic E-state index is 10.9. The van der Waals surface area contributed by atoms with Gasteiger partial charge in [-0.15, -0.1) is 0 Å². The van der Waals surface area contributed by atoms with Crippen molar-refractivity contribution in [3.8, 4) is 0 Å². The third kappa shape index (κ3) is 10.8. The van der Waals surface area contributed by atoms with Crippen molar-refractivity contribution in [2.45, 2.75) is 26.7 Å². The minimum absolute atomic E-state index is 0.358. The van der Waals surface area contributed by atoms with Gasteiger partial charge in [0.1, 0.15) is 0 Å². The molecule has 0 heterocycles. The first kappa shape index (κ1) is 16.3. The maximum atomic E-state index is 10.9. The summed E-state index contributed by atoms with van der Waals surface area (Å²) in [4.78, 5) is 0. The molecule has 0 aromatic rings. The van der Waals surface area contributed by atoms with Gasteiger partial charge in [-0.3, -0.25) is 9.13 Å². The van der Waals surface area contributed by atoms with Crippen molar-refractivity contribution in [1.29, 1.82) is 0 Å². The predicted molar refractivity (Wildman–Crippen MR) is 62.4 cm³/mol. The fourth-order valence-electron chi connectivity index (χ4n) is 0.834. The molecule has 2 atom stereocenters. The van der Waals surface area contributed by atoms with E-state index in [1.807, 2.05) is 0 Å². The van der Waals surface area contributed by atoms with Gasteiger partial charge in [-0.25, -0.2) is 0 Å². The quantitative estimate of drug-likeness (QED) is 0.426. The minimum atomic E-state index is -2.32. The van der Waals surface area contributed by atoms with Gasteiger partial charge in [-0.05, 0) is 26.7 Å². The first-order valence-electron chi connectivity index (χ1n) is 5.29. The molecule has 98 valence electrons. The summed E-state index contributed by atoms with van der Waals surface area (Å²) in [5.74, 6) is 0. The lowest BCUT2D eigenvalue weighted by molar-refractivity contribution is 0.208. The third-order valence-corrected chi connectivity index (χ3v) is 3.43. The molecule has 2 unspecified atom stereocenters. The Balaban J connectivity index is 3.21. The Bertz CT molecular complexity index is 189. The van der Waals surface area contributed by atoms with Crippen LogP contribution in [0, 0.1) is 0 Å². The lowest BCUT2D eigenvalue weighted by Crippen LogP contribution is -1.94. The molecule has 0 saturated carbocycles. The van der Waals surface area contributed by atoms with E-state index in [1.165, 1.54) is 0 Å². The lowest BCUT2D eigenvalue weighted by atomic mass is 10.3. The highest BCUT2D eigenvalue weighted by Gasteiger charge is 1.99. The zero-order valence-corrected chi connectivity index (χ0v) is 11.7. The molecule has 0 fully saturated rings. The van der Waals surface area contributed by atoms with Crippen molar-refractivity contribution in [1.82, 2.24) is 0 Å². The molecule has 0 aromatic carbocycles. The standard InChI is InChI=1S/C8H20O6P2/c1-3-11-15(9)13-7-5-6-8-14-16(10)12-4-2/h15-16H,3-8H2,1-2H3. The summed E-state index contributed by atoms with van der Waals surface area (Å²) < 4.78 is 41.1. The highest BCUT2D eigenvalue weighted by Crippen LogP contribution is 2.25. The molecule has 8 heteroatoms. The average molecular weight is 274 g/mol. The van der Waals surface area contributed by atoms with E-state index >= 15 is 0 Å². The van der Waals surface area contributed by atoms with E-state index in [-0.39, 0.29) is 0 Å². The van der Waals surface area contributed by atoms with E-state index in [0.29, 0.717) is 39.3 Å². The predicted octanol–water partition coefficient (Wildman–Crippen LogP) is 2.65. The summed E-state index contributed by atoms with van der Waals surface area (Å²) in [7, 11) is -4.65. The van der Waals surface area contributed by atoms with Crippen LogP contribution in [0.2, 0.25) is 0 Å². The van der Waals surface area contributed by atoms with Crippen LogP contribution in [0.1, 0.15) is 26.7 Å². The van der Waals surface area contributed by atoms with Crippen molar-refractivity contribution >= 4 is 16.5 Å². The molecular formula is C8H20O6P2. The van der Waals surface area contributed by atoms with Crippen LogP contribution in [0.4, 0.5) is 0 Å². The molecule has 0 aliphatic rings. The molecular weight excluding hydrogens is 254 g/mol. The van der Waals surface area contributed by atoms with Crippen LogP contribution in [0.15, 0.2) is 0 Å². The van der Waals surface area contributed by atoms with Crippen molar-refractivity contribution in [3.05, 3.63) is 0 Å². The second-order valence-electron chi connectivity index (χ2n) is 2.77. The van der Waals surface area contributed by atoms with Crippen LogP contribution in [0.3, 0.4) is 0 Å². The van der Waals surface area contributed by atoms with Gasteiger partial charge in [0.15, 0.2) is 0 Å². The van der Waals surface area contributed by atoms with Gasteiger partial charge in [-0.1, -0.05) is 0 Å². The van der Waals surface area contributed by atoms with Gasteiger partial charge in [0.25, 0.3) is 0 Å². The van der Waals surface area contributed by atoms with Crippen LogP contribution >= 0.6 is 16.5 Å². The summed E-state index contributed by atoms with van der Waals surface area (Å²) in [5, 5.41) is 0. The zero-order valence-electron chi connectivity index (χ0n) is 9.69. The topological polar surface area (TPSA) is 71.1 Å². The van der Waals surface area contributed by atoms with Gasteiger partial charge >= 0.3 is 16.5 Å². The molecule has 16 heavy (non-hydrogen) atoms. The van der Waals surface area contributed by atoms with E-state index in [4.69, 9.17) is 18.1 Å². The number of unbranched alkanes of at least 4 members (excludes halogenated alkanes) is 1. The van der Waals surface area contributed by atoms with Crippen molar-refractivity contribution in [2.75, 3.05) is 26.4 Å². The number of rotatable bonds is 11. The smallest absolute Gasteiger partial charge is 0.311 e. The fraction of sp³-hybridized carbons (Fsp3) is 1.00. The number of hydrogen-bond donors (Lipinski definition) is 0. The van der Waals surface area contributed by atoms with Crippen molar-refractivity contribution < 1.29 is 27.2 Å². The molecule has 0 amide bonds. The molecule has 0 bridgehead atoms. The molecule has 6 nitrogen and oxygen atoms in total. The first-order valence-corrected chi connectivity index (χ1v) is 7.74. The molecule has 0 radical (unpaired) electrons. The Morgan fingerprint density at radius 3 is 1.44 bits per heavy atom. The summed E-state index contributed by atoms with van der Waals surface area (Å²) in [6.07, 6.45) is 1.37. The SMILES string of the molecule is CCO[PH](=O)OCCCCO[PH](=O)OCC. The van der Waals surface area contributed by atoms with E-state index in [9.17, 15) is 9.13 Å². The van der Waals surface area contributed by atoms with Crippen molar-refractivity contribution in [3.63, 3.8) is 0 Å². The largest absolute Gasteiger partial charge is 0.319 e. The van der Waals surface area contributed by atoms with Crippen LogP contribution < -0.4 is 0 Å².